The number of primary amides is 1. The maximum atomic E-state index is 10.5. The molecule has 0 aromatic carbocycles. The Morgan fingerprint density at radius 1 is 1.36 bits per heavy atom. The molecule has 3 N–H and O–H groups in total. The second-order valence-corrected chi connectivity index (χ2v) is 2.87. The number of hydrogen-bond donors (Lipinski definition) is 2. The molecule has 1 atom stereocenters. The van der Waals surface area contributed by atoms with Gasteiger partial charge in [0.25, 0.3) is 5.91 Å². The summed E-state index contributed by atoms with van der Waals surface area (Å²) in [5.41, 5.74) is 4.94. The number of aliphatic hydroxyl groups excluding tert-OH is 1. The zero-order valence-electron chi connectivity index (χ0n) is 6.49. The van der Waals surface area contributed by atoms with E-state index in [2.05, 4.69) is 0 Å². The summed E-state index contributed by atoms with van der Waals surface area (Å²) >= 11 is 0. The Labute approximate surface area is 66.0 Å². The van der Waals surface area contributed by atoms with Gasteiger partial charge in [0.2, 0.25) is 0 Å². The summed E-state index contributed by atoms with van der Waals surface area (Å²) in [4.78, 5) is 12.2. The molecule has 0 aromatic rings. The van der Waals surface area contributed by atoms with Crippen molar-refractivity contribution in [3.8, 4) is 0 Å². The number of amides is 1. The number of nitrogens with zero attached hydrogens (tertiary/aromatic N) is 1. The molecule has 64 valence electrons. The molecule has 11 heavy (non-hydrogen) atoms. The summed E-state index contributed by atoms with van der Waals surface area (Å²) in [6.07, 6.45) is 2.20. The van der Waals surface area contributed by atoms with Gasteiger partial charge in [0.15, 0.2) is 6.23 Å². The van der Waals surface area contributed by atoms with Crippen molar-refractivity contribution in [2.75, 3.05) is 13.1 Å². The summed E-state index contributed by atoms with van der Waals surface area (Å²) in [6.45, 7) is 1.56. The van der Waals surface area contributed by atoms with E-state index in [0.29, 0.717) is 0 Å². The van der Waals surface area contributed by atoms with Crippen LogP contribution in [0.4, 0.5) is 0 Å². The van der Waals surface area contributed by atoms with E-state index < -0.39 is 12.1 Å². The maximum Gasteiger partial charge on any atom is 0.261 e. The van der Waals surface area contributed by atoms with Crippen LogP contribution in [-0.2, 0) is 4.79 Å². The molecule has 1 fully saturated rings. The quantitative estimate of drug-likeness (QED) is 0.557. The lowest BCUT2D eigenvalue weighted by molar-refractivity contribution is -0.136. The summed E-state index contributed by atoms with van der Waals surface area (Å²) in [5.74, 6) is -0.646. The van der Waals surface area contributed by atoms with Crippen LogP contribution in [0.1, 0.15) is 19.3 Å². The number of aliphatic hydroxyl groups is 1. The van der Waals surface area contributed by atoms with Gasteiger partial charge in [-0.2, -0.15) is 0 Å². The molecule has 1 unspecified atom stereocenters. The lowest BCUT2D eigenvalue weighted by Crippen LogP contribution is -2.46. The van der Waals surface area contributed by atoms with Gasteiger partial charge >= 0.3 is 0 Å². The van der Waals surface area contributed by atoms with E-state index in [-0.39, 0.29) is 0 Å². The lowest BCUT2D eigenvalue weighted by Gasteiger charge is -2.28. The molecular weight excluding hydrogens is 144 g/mol. The van der Waals surface area contributed by atoms with Crippen LogP contribution in [-0.4, -0.2) is 35.2 Å². The Hall–Kier alpha value is -0.610. The molecule has 1 aliphatic heterocycles. The average molecular weight is 158 g/mol. The fourth-order valence-electron chi connectivity index (χ4n) is 1.34. The third-order valence-corrected chi connectivity index (χ3v) is 1.99. The predicted octanol–water partition coefficient (Wildman–Crippen LogP) is -0.724. The van der Waals surface area contributed by atoms with E-state index in [1.54, 1.807) is 4.90 Å². The van der Waals surface area contributed by atoms with E-state index in [9.17, 15) is 9.90 Å². The summed E-state index contributed by atoms with van der Waals surface area (Å²) in [5, 5.41) is 9.20. The molecule has 4 nitrogen and oxygen atoms in total. The first-order valence-corrected chi connectivity index (χ1v) is 3.93. The molecule has 1 saturated heterocycles. The zero-order valence-corrected chi connectivity index (χ0v) is 6.49. The fraction of sp³-hybridized carbons (Fsp3) is 0.857. The summed E-state index contributed by atoms with van der Waals surface area (Å²) in [7, 11) is 0. The SMILES string of the molecule is NC(=O)C(O)N1CCCCC1. The highest BCUT2D eigenvalue weighted by Gasteiger charge is 2.21. The van der Waals surface area contributed by atoms with Crippen LogP contribution >= 0.6 is 0 Å². The topological polar surface area (TPSA) is 66.6 Å². The number of hydrogen-bond acceptors (Lipinski definition) is 3. The van der Waals surface area contributed by atoms with Gasteiger partial charge in [-0.3, -0.25) is 9.69 Å². The van der Waals surface area contributed by atoms with Gasteiger partial charge < -0.3 is 10.8 Å². The van der Waals surface area contributed by atoms with Gasteiger partial charge in [-0.05, 0) is 12.8 Å². The lowest BCUT2D eigenvalue weighted by atomic mass is 10.1. The van der Waals surface area contributed by atoms with Gasteiger partial charge in [0.1, 0.15) is 0 Å². The van der Waals surface area contributed by atoms with Crippen LogP contribution in [0.3, 0.4) is 0 Å². The standard InChI is InChI=1S/C7H14N2O2/c8-6(10)7(11)9-4-2-1-3-5-9/h7,11H,1-5H2,(H2,8,10). The van der Waals surface area contributed by atoms with Crippen LogP contribution in [0, 0.1) is 0 Å². The van der Waals surface area contributed by atoms with Crippen LogP contribution in [0.2, 0.25) is 0 Å². The first kappa shape index (κ1) is 8.49. The van der Waals surface area contributed by atoms with Gasteiger partial charge in [-0.1, -0.05) is 6.42 Å². The maximum absolute atomic E-state index is 10.5. The molecule has 1 heterocycles. The Kier molecular flexibility index (Phi) is 2.84. The monoisotopic (exact) mass is 158 g/mol. The number of carbonyl (C=O) groups is 1. The smallest absolute Gasteiger partial charge is 0.261 e. The van der Waals surface area contributed by atoms with Crippen LogP contribution in [0.5, 0.6) is 0 Å². The van der Waals surface area contributed by atoms with Crippen molar-refractivity contribution in [3.63, 3.8) is 0 Å². The molecule has 1 amide bonds. The highest BCUT2D eigenvalue weighted by molar-refractivity contribution is 5.78. The Morgan fingerprint density at radius 2 is 1.91 bits per heavy atom. The molecule has 0 saturated carbocycles. The van der Waals surface area contributed by atoms with E-state index >= 15 is 0 Å². The van der Waals surface area contributed by atoms with E-state index in [0.717, 1.165) is 25.9 Å². The number of piperidine rings is 1. The summed E-state index contributed by atoms with van der Waals surface area (Å²) < 4.78 is 0. The molecule has 0 radical (unpaired) electrons. The second-order valence-electron chi connectivity index (χ2n) is 2.87. The normalized spacial score (nSPS) is 23.0. The predicted molar refractivity (Wildman–Crippen MR) is 40.6 cm³/mol. The third-order valence-electron chi connectivity index (χ3n) is 1.99. The van der Waals surface area contributed by atoms with Gasteiger partial charge in [-0.15, -0.1) is 0 Å². The Balaban J connectivity index is 2.38. The summed E-state index contributed by atoms with van der Waals surface area (Å²) in [6, 6.07) is 0. The van der Waals surface area contributed by atoms with E-state index in [4.69, 9.17) is 5.73 Å². The molecule has 0 aromatic heterocycles. The van der Waals surface area contributed by atoms with Crippen molar-refractivity contribution in [3.05, 3.63) is 0 Å². The van der Waals surface area contributed by atoms with E-state index in [1.165, 1.54) is 6.42 Å². The van der Waals surface area contributed by atoms with E-state index in [1.807, 2.05) is 0 Å². The van der Waals surface area contributed by atoms with Crippen molar-refractivity contribution in [2.24, 2.45) is 5.73 Å². The molecular formula is C7H14N2O2. The minimum absolute atomic E-state index is 0.646. The van der Waals surface area contributed by atoms with Crippen molar-refractivity contribution in [1.29, 1.82) is 0 Å². The van der Waals surface area contributed by atoms with Gasteiger partial charge in [0, 0.05) is 13.1 Å². The highest BCUT2D eigenvalue weighted by Crippen LogP contribution is 2.10. The Morgan fingerprint density at radius 3 is 2.36 bits per heavy atom. The van der Waals surface area contributed by atoms with Gasteiger partial charge in [-0.25, -0.2) is 0 Å². The number of likely N-dealkylation sites (tertiary alicyclic amines) is 1. The molecule has 1 rings (SSSR count). The van der Waals surface area contributed by atoms with Crippen LogP contribution in [0.25, 0.3) is 0 Å². The first-order valence-electron chi connectivity index (χ1n) is 3.93. The minimum Gasteiger partial charge on any atom is -0.370 e. The molecule has 1 aliphatic rings. The van der Waals surface area contributed by atoms with Crippen molar-refractivity contribution in [1.82, 2.24) is 4.90 Å². The molecule has 4 heteroatoms. The molecule has 0 bridgehead atoms. The Bertz CT molecular complexity index is 143. The largest absolute Gasteiger partial charge is 0.370 e. The second kappa shape index (κ2) is 3.69. The number of carbonyl (C=O) groups excluding carboxylic acids is 1. The number of rotatable bonds is 2. The average Bonchev–Trinajstić information content (AvgIpc) is 2.05. The van der Waals surface area contributed by atoms with Crippen molar-refractivity contribution in [2.45, 2.75) is 25.5 Å². The first-order chi connectivity index (χ1) is 5.22. The van der Waals surface area contributed by atoms with Gasteiger partial charge in [0.05, 0.1) is 0 Å². The van der Waals surface area contributed by atoms with Crippen LogP contribution < -0.4 is 5.73 Å². The highest BCUT2D eigenvalue weighted by atomic mass is 16.3. The molecule has 0 aliphatic carbocycles. The van der Waals surface area contributed by atoms with Crippen molar-refractivity contribution < 1.29 is 9.90 Å². The number of nitrogens with two attached hydrogens (primary N) is 1. The third kappa shape index (κ3) is 2.17. The van der Waals surface area contributed by atoms with Crippen LogP contribution in [0.15, 0.2) is 0 Å². The molecule has 0 spiro atoms. The zero-order chi connectivity index (χ0) is 8.27. The fourth-order valence-corrected chi connectivity index (χ4v) is 1.34. The van der Waals surface area contributed by atoms with Crippen molar-refractivity contribution >= 4 is 5.91 Å². The minimum atomic E-state index is -1.07.